The fraction of sp³-hybridized carbons (Fsp3) is 0.190. The summed E-state index contributed by atoms with van der Waals surface area (Å²) in [5.41, 5.74) is 1.78. The Labute approximate surface area is 178 Å². The third-order valence-electron chi connectivity index (χ3n) is 4.15. The molecule has 1 saturated heterocycles. The van der Waals surface area contributed by atoms with Gasteiger partial charge in [0.1, 0.15) is 10.9 Å². The number of aliphatic carboxylic acids is 1. The number of benzene rings is 2. The number of ether oxygens (including phenoxy) is 2. The number of thiocarbonyl (C=S) groups is 1. The molecule has 0 unspecified atom stereocenters. The normalized spacial score (nSPS) is 15.1. The molecule has 0 radical (unpaired) electrons. The van der Waals surface area contributed by atoms with Gasteiger partial charge < -0.3 is 14.6 Å². The summed E-state index contributed by atoms with van der Waals surface area (Å²) in [7, 11) is 1.57. The van der Waals surface area contributed by atoms with E-state index in [0.29, 0.717) is 27.3 Å². The highest BCUT2D eigenvalue weighted by Gasteiger charge is 2.32. The standard InChI is InChI=1S/C21H19NO5S2/c1-26-16-8-7-15(11-17(16)27-13-14-5-3-2-4-6-14)12-18-20(25)22(21(28)29-18)10-9-19(23)24/h2-8,11-12H,9-10,13H2,1H3,(H,23,24). The Morgan fingerprint density at radius 1 is 1.21 bits per heavy atom. The summed E-state index contributed by atoms with van der Waals surface area (Å²) in [5.74, 6) is -0.110. The van der Waals surface area contributed by atoms with Crippen LogP contribution in [-0.2, 0) is 16.2 Å². The third-order valence-corrected chi connectivity index (χ3v) is 5.52. The fourth-order valence-corrected chi connectivity index (χ4v) is 3.99. The van der Waals surface area contributed by atoms with Crippen molar-refractivity contribution in [1.82, 2.24) is 4.90 Å². The quantitative estimate of drug-likeness (QED) is 0.503. The fourth-order valence-electron chi connectivity index (χ4n) is 2.68. The van der Waals surface area contributed by atoms with Crippen LogP contribution in [0.4, 0.5) is 0 Å². The van der Waals surface area contributed by atoms with Crippen LogP contribution in [0.5, 0.6) is 11.5 Å². The van der Waals surface area contributed by atoms with Crippen molar-refractivity contribution in [3.8, 4) is 11.5 Å². The Bertz CT molecular complexity index is 959. The van der Waals surface area contributed by atoms with Gasteiger partial charge in [0.25, 0.3) is 5.91 Å². The van der Waals surface area contributed by atoms with Crippen LogP contribution in [0.3, 0.4) is 0 Å². The largest absolute Gasteiger partial charge is 0.493 e. The van der Waals surface area contributed by atoms with Crippen LogP contribution in [0.15, 0.2) is 53.4 Å². The van der Waals surface area contributed by atoms with Gasteiger partial charge >= 0.3 is 5.97 Å². The summed E-state index contributed by atoms with van der Waals surface area (Å²) < 4.78 is 11.6. The third kappa shape index (κ3) is 5.36. The number of hydrogen-bond donors (Lipinski definition) is 1. The minimum atomic E-state index is -0.974. The maximum atomic E-state index is 12.6. The minimum absolute atomic E-state index is 0.0609. The van der Waals surface area contributed by atoms with E-state index in [0.717, 1.165) is 22.9 Å². The van der Waals surface area contributed by atoms with E-state index in [4.69, 9.17) is 26.8 Å². The van der Waals surface area contributed by atoms with E-state index in [2.05, 4.69) is 0 Å². The highest BCUT2D eigenvalue weighted by Crippen LogP contribution is 2.35. The second kappa shape index (κ2) is 9.58. The predicted molar refractivity (Wildman–Crippen MR) is 116 cm³/mol. The second-order valence-corrected chi connectivity index (χ2v) is 7.84. The second-order valence-electron chi connectivity index (χ2n) is 6.16. The van der Waals surface area contributed by atoms with Gasteiger partial charge in [-0.25, -0.2) is 0 Å². The molecule has 0 aromatic heterocycles. The number of carbonyl (C=O) groups excluding carboxylic acids is 1. The number of methoxy groups -OCH3 is 1. The summed E-state index contributed by atoms with van der Waals surface area (Å²) in [6.45, 7) is 0.448. The van der Waals surface area contributed by atoms with Crippen molar-refractivity contribution < 1.29 is 24.2 Å². The molecule has 1 amide bonds. The number of carboxylic acids is 1. The van der Waals surface area contributed by atoms with E-state index < -0.39 is 5.97 Å². The molecular weight excluding hydrogens is 410 g/mol. The Morgan fingerprint density at radius 2 is 1.97 bits per heavy atom. The van der Waals surface area contributed by atoms with E-state index in [1.54, 1.807) is 25.3 Å². The number of carbonyl (C=O) groups is 2. The highest BCUT2D eigenvalue weighted by molar-refractivity contribution is 8.26. The van der Waals surface area contributed by atoms with E-state index in [-0.39, 0.29) is 18.9 Å². The first kappa shape index (κ1) is 20.9. The smallest absolute Gasteiger partial charge is 0.305 e. The lowest BCUT2D eigenvalue weighted by molar-refractivity contribution is -0.137. The molecule has 1 aliphatic heterocycles. The van der Waals surface area contributed by atoms with Gasteiger partial charge in [0.2, 0.25) is 0 Å². The zero-order chi connectivity index (χ0) is 20.8. The average molecular weight is 430 g/mol. The molecule has 2 aromatic rings. The van der Waals surface area contributed by atoms with Crippen molar-refractivity contribution >= 4 is 46.3 Å². The van der Waals surface area contributed by atoms with Crippen LogP contribution in [0, 0.1) is 0 Å². The Hall–Kier alpha value is -2.84. The number of rotatable bonds is 8. The van der Waals surface area contributed by atoms with Gasteiger partial charge in [0, 0.05) is 6.54 Å². The molecule has 0 spiro atoms. The monoisotopic (exact) mass is 429 g/mol. The van der Waals surface area contributed by atoms with Gasteiger partial charge in [-0.2, -0.15) is 0 Å². The first-order valence-electron chi connectivity index (χ1n) is 8.80. The maximum Gasteiger partial charge on any atom is 0.305 e. The van der Waals surface area contributed by atoms with Gasteiger partial charge in [-0.1, -0.05) is 60.4 Å². The predicted octanol–water partition coefficient (Wildman–Crippen LogP) is 3.95. The van der Waals surface area contributed by atoms with E-state index in [1.807, 2.05) is 36.4 Å². The summed E-state index contributed by atoms with van der Waals surface area (Å²) in [6.07, 6.45) is 1.56. The number of carboxylic acid groups (broad SMARTS) is 1. The zero-order valence-electron chi connectivity index (χ0n) is 15.7. The molecule has 3 rings (SSSR count). The lowest BCUT2D eigenvalue weighted by Crippen LogP contribution is -2.30. The molecule has 2 aromatic carbocycles. The number of thioether (sulfide) groups is 1. The first-order chi connectivity index (χ1) is 14.0. The Balaban J connectivity index is 1.77. The van der Waals surface area contributed by atoms with E-state index in [9.17, 15) is 9.59 Å². The van der Waals surface area contributed by atoms with Gasteiger partial charge in [0.05, 0.1) is 18.4 Å². The first-order valence-corrected chi connectivity index (χ1v) is 10.0. The molecule has 0 bridgehead atoms. The molecule has 29 heavy (non-hydrogen) atoms. The molecule has 1 heterocycles. The lowest BCUT2D eigenvalue weighted by Gasteiger charge is -2.12. The number of hydrogen-bond acceptors (Lipinski definition) is 6. The van der Waals surface area contributed by atoms with Crippen LogP contribution in [0.1, 0.15) is 17.5 Å². The van der Waals surface area contributed by atoms with Crippen LogP contribution in [0.2, 0.25) is 0 Å². The summed E-state index contributed by atoms with van der Waals surface area (Å²) in [5, 5.41) is 8.83. The van der Waals surface area contributed by atoms with E-state index in [1.165, 1.54) is 4.90 Å². The Morgan fingerprint density at radius 3 is 2.66 bits per heavy atom. The average Bonchev–Trinajstić information content (AvgIpc) is 2.98. The molecule has 0 saturated carbocycles. The topological polar surface area (TPSA) is 76.1 Å². The van der Waals surface area contributed by atoms with Gasteiger partial charge in [-0.15, -0.1) is 0 Å². The molecular formula is C21H19NO5S2. The van der Waals surface area contributed by atoms with Crippen LogP contribution >= 0.6 is 24.0 Å². The molecule has 1 fully saturated rings. The summed E-state index contributed by atoms with van der Waals surface area (Å²) in [6, 6.07) is 15.2. The minimum Gasteiger partial charge on any atom is -0.493 e. The van der Waals surface area contributed by atoms with Crippen molar-refractivity contribution in [2.24, 2.45) is 0 Å². The van der Waals surface area contributed by atoms with Crippen LogP contribution in [-0.4, -0.2) is 39.9 Å². The maximum absolute atomic E-state index is 12.6. The number of amides is 1. The van der Waals surface area contributed by atoms with Crippen molar-refractivity contribution in [3.05, 3.63) is 64.6 Å². The van der Waals surface area contributed by atoms with Crippen molar-refractivity contribution in [1.29, 1.82) is 0 Å². The zero-order valence-corrected chi connectivity index (χ0v) is 17.3. The molecule has 0 atom stereocenters. The molecule has 1 N–H and O–H groups in total. The van der Waals surface area contributed by atoms with Crippen molar-refractivity contribution in [3.63, 3.8) is 0 Å². The SMILES string of the molecule is COc1ccc(C=C2SC(=S)N(CCC(=O)O)C2=O)cc1OCc1ccccc1. The molecule has 6 nitrogen and oxygen atoms in total. The highest BCUT2D eigenvalue weighted by atomic mass is 32.2. The summed E-state index contributed by atoms with van der Waals surface area (Å²) >= 11 is 6.37. The van der Waals surface area contributed by atoms with Crippen molar-refractivity contribution in [2.75, 3.05) is 13.7 Å². The molecule has 0 aliphatic carbocycles. The molecule has 8 heteroatoms. The van der Waals surface area contributed by atoms with E-state index >= 15 is 0 Å². The van der Waals surface area contributed by atoms with Gasteiger partial charge in [-0.3, -0.25) is 14.5 Å². The van der Waals surface area contributed by atoms with Crippen molar-refractivity contribution in [2.45, 2.75) is 13.0 Å². The Kier molecular flexibility index (Phi) is 6.90. The lowest BCUT2D eigenvalue weighted by atomic mass is 10.1. The van der Waals surface area contributed by atoms with Gasteiger partial charge in [-0.05, 0) is 29.3 Å². The summed E-state index contributed by atoms with van der Waals surface area (Å²) in [4.78, 5) is 25.1. The number of nitrogens with zero attached hydrogens (tertiary/aromatic N) is 1. The van der Waals surface area contributed by atoms with Gasteiger partial charge in [0.15, 0.2) is 11.5 Å². The molecule has 1 aliphatic rings. The van der Waals surface area contributed by atoms with Crippen LogP contribution < -0.4 is 9.47 Å². The van der Waals surface area contributed by atoms with Crippen LogP contribution in [0.25, 0.3) is 6.08 Å². The molecule has 150 valence electrons.